The Morgan fingerprint density at radius 2 is 1.79 bits per heavy atom. The monoisotopic (exact) mass is 585 g/mol. The fourth-order valence-electron chi connectivity index (χ4n) is 4.02. The molecule has 38 heavy (non-hydrogen) atoms. The van der Waals surface area contributed by atoms with Gasteiger partial charge in [-0.1, -0.05) is 37.3 Å². The average Bonchev–Trinajstić information content (AvgIpc) is 3.11. The summed E-state index contributed by atoms with van der Waals surface area (Å²) in [5, 5.41) is 0. The fraction of sp³-hybridized carbons (Fsp3) is 0.524. The lowest BCUT2D eigenvalue weighted by atomic mass is 9.94. The number of hydrogen-bond acceptors (Lipinski definition) is 9. The van der Waals surface area contributed by atoms with Crippen molar-refractivity contribution in [2.24, 2.45) is 0 Å². The van der Waals surface area contributed by atoms with Crippen LogP contribution in [0, 0.1) is 6.92 Å². The minimum atomic E-state index is -6.29. The molecule has 1 aliphatic heterocycles. The molecular formula is C21H26F3N3O9S2. The van der Waals surface area contributed by atoms with Gasteiger partial charge >= 0.3 is 21.3 Å². The van der Waals surface area contributed by atoms with Crippen molar-refractivity contribution in [1.82, 2.24) is 14.3 Å². The Hall–Kier alpha value is -2.57. The third kappa shape index (κ3) is 6.18. The van der Waals surface area contributed by atoms with Crippen molar-refractivity contribution in [3.8, 4) is 0 Å². The van der Waals surface area contributed by atoms with Gasteiger partial charge in [-0.05, 0) is 26.0 Å². The predicted molar refractivity (Wildman–Crippen MR) is 127 cm³/mol. The topological polar surface area (TPSA) is 163 Å². The first kappa shape index (κ1) is 30.0. The van der Waals surface area contributed by atoms with Gasteiger partial charge in [-0.3, -0.25) is 18.5 Å². The van der Waals surface area contributed by atoms with Crippen LogP contribution in [0.25, 0.3) is 0 Å². The molecule has 0 radical (unpaired) electrons. The van der Waals surface area contributed by atoms with Gasteiger partial charge in [-0.2, -0.15) is 21.6 Å². The molecule has 212 valence electrons. The smallest absolute Gasteiger partial charge is 0.368 e. The highest BCUT2D eigenvalue weighted by Crippen LogP contribution is 2.45. The van der Waals surface area contributed by atoms with Gasteiger partial charge in [-0.15, -0.1) is 0 Å². The van der Waals surface area contributed by atoms with E-state index in [0.29, 0.717) is 10.1 Å². The maximum atomic E-state index is 13.4. The van der Waals surface area contributed by atoms with Gasteiger partial charge in [0.25, 0.3) is 5.56 Å². The number of ether oxygens (including phenoxy) is 2. The van der Waals surface area contributed by atoms with E-state index < -0.39 is 66.7 Å². The standard InChI is InChI=1S/C21H26F3N3O9S2/c1-4-20(12-37(30,31)25-3)16(34-11-14-8-6-5-7-9-14)15(36-38(32,33)21(22,23)24)18(35-20)27-10-13(2)17(28)26-19(27)29/h5-10,15-16,18,25H,4,11-12H2,1-3H3,(H,26,28,29)/t15-,16?,18+,20+/m0/s1. The van der Waals surface area contributed by atoms with Crippen molar-refractivity contribution >= 4 is 20.1 Å². The highest BCUT2D eigenvalue weighted by molar-refractivity contribution is 7.89. The highest BCUT2D eigenvalue weighted by atomic mass is 32.2. The van der Waals surface area contributed by atoms with E-state index in [1.807, 2.05) is 4.98 Å². The molecule has 4 atom stereocenters. The highest BCUT2D eigenvalue weighted by Gasteiger charge is 2.62. The summed E-state index contributed by atoms with van der Waals surface area (Å²) in [6, 6.07) is 8.22. The van der Waals surface area contributed by atoms with Gasteiger partial charge in [0.1, 0.15) is 11.7 Å². The van der Waals surface area contributed by atoms with E-state index in [1.165, 1.54) is 13.8 Å². The van der Waals surface area contributed by atoms with Gasteiger partial charge in [0.15, 0.2) is 12.3 Å². The van der Waals surface area contributed by atoms with Crippen molar-refractivity contribution in [1.29, 1.82) is 0 Å². The SMILES string of the molecule is CC[C@]1(CS(=O)(=O)NC)O[C@@H](n2cc(C)c(=O)[nH]c2=O)[C@@H](OS(=O)(=O)C(F)(F)F)C1OCc1ccccc1. The third-order valence-electron chi connectivity index (χ3n) is 6.01. The number of rotatable bonds is 10. The molecule has 0 bridgehead atoms. The second-order valence-corrected chi connectivity index (χ2v) is 12.0. The summed E-state index contributed by atoms with van der Waals surface area (Å²) in [5.41, 5.74) is -9.36. The minimum Gasteiger partial charge on any atom is -0.368 e. The first-order valence-electron chi connectivity index (χ1n) is 11.1. The van der Waals surface area contributed by atoms with E-state index in [0.717, 1.165) is 13.2 Å². The molecule has 2 aromatic rings. The van der Waals surface area contributed by atoms with Crippen molar-refractivity contribution in [2.75, 3.05) is 12.8 Å². The Labute approximate surface area is 215 Å². The molecule has 0 spiro atoms. The van der Waals surface area contributed by atoms with Crippen LogP contribution in [-0.2, 0) is 40.4 Å². The minimum absolute atomic E-state index is 0.0655. The Morgan fingerprint density at radius 3 is 2.34 bits per heavy atom. The zero-order valence-electron chi connectivity index (χ0n) is 20.4. The molecule has 0 saturated carbocycles. The maximum absolute atomic E-state index is 13.4. The molecule has 2 N–H and O–H groups in total. The van der Waals surface area contributed by atoms with Crippen LogP contribution in [0.3, 0.4) is 0 Å². The molecule has 17 heteroatoms. The van der Waals surface area contributed by atoms with Crippen molar-refractivity contribution in [3.05, 3.63) is 68.5 Å². The molecule has 1 aromatic carbocycles. The first-order chi connectivity index (χ1) is 17.6. The summed E-state index contributed by atoms with van der Waals surface area (Å²) in [7, 11) is -9.33. The predicted octanol–water partition coefficient (Wildman–Crippen LogP) is 0.892. The van der Waals surface area contributed by atoms with Crippen LogP contribution in [0.4, 0.5) is 13.2 Å². The van der Waals surface area contributed by atoms with E-state index in [4.69, 9.17) is 9.47 Å². The zero-order chi connectivity index (χ0) is 28.5. The molecule has 1 saturated heterocycles. The van der Waals surface area contributed by atoms with Crippen LogP contribution < -0.4 is 16.0 Å². The van der Waals surface area contributed by atoms with E-state index >= 15 is 0 Å². The third-order valence-corrected chi connectivity index (χ3v) is 8.54. The maximum Gasteiger partial charge on any atom is 0.523 e. The molecule has 1 aliphatic rings. The Kier molecular flexibility index (Phi) is 8.59. The zero-order valence-corrected chi connectivity index (χ0v) is 22.0. The van der Waals surface area contributed by atoms with E-state index in [9.17, 15) is 39.6 Å². The Balaban J connectivity index is 2.23. The van der Waals surface area contributed by atoms with Crippen molar-refractivity contribution in [2.45, 2.75) is 56.4 Å². The number of benzene rings is 1. The molecule has 3 rings (SSSR count). The Morgan fingerprint density at radius 1 is 1.16 bits per heavy atom. The molecule has 0 aliphatic carbocycles. The number of nitrogens with zero attached hydrogens (tertiary/aromatic N) is 1. The number of halogens is 3. The second kappa shape index (κ2) is 10.9. The van der Waals surface area contributed by atoms with Crippen LogP contribution in [-0.4, -0.2) is 62.5 Å². The summed E-state index contributed by atoms with van der Waals surface area (Å²) in [6.07, 6.45) is -5.16. The van der Waals surface area contributed by atoms with Crippen LogP contribution in [0.2, 0.25) is 0 Å². The van der Waals surface area contributed by atoms with E-state index in [1.54, 1.807) is 30.3 Å². The molecule has 1 aromatic heterocycles. The van der Waals surface area contributed by atoms with E-state index in [2.05, 4.69) is 8.91 Å². The van der Waals surface area contributed by atoms with Gasteiger partial charge in [0, 0.05) is 11.8 Å². The molecule has 0 amide bonds. The quantitative estimate of drug-likeness (QED) is 0.305. The summed E-state index contributed by atoms with van der Waals surface area (Å²) < 4.78 is 109. The van der Waals surface area contributed by atoms with Crippen molar-refractivity contribution < 1.29 is 43.7 Å². The van der Waals surface area contributed by atoms with Crippen LogP contribution in [0.1, 0.15) is 30.7 Å². The number of aromatic amines is 1. The van der Waals surface area contributed by atoms with Crippen LogP contribution >= 0.6 is 0 Å². The Bertz CT molecular complexity index is 1470. The van der Waals surface area contributed by atoms with Gasteiger partial charge in [0.05, 0.1) is 12.4 Å². The summed E-state index contributed by atoms with van der Waals surface area (Å²) in [5.74, 6) is -0.883. The normalized spacial score (nSPS) is 24.5. The molecular weight excluding hydrogens is 559 g/mol. The lowest BCUT2D eigenvalue weighted by molar-refractivity contribution is -0.110. The van der Waals surface area contributed by atoms with Gasteiger partial charge in [0.2, 0.25) is 10.0 Å². The van der Waals surface area contributed by atoms with Crippen molar-refractivity contribution in [3.63, 3.8) is 0 Å². The lowest BCUT2D eigenvalue weighted by Gasteiger charge is -2.33. The number of sulfonamides is 1. The van der Waals surface area contributed by atoms with Gasteiger partial charge < -0.3 is 9.47 Å². The lowest BCUT2D eigenvalue weighted by Crippen LogP contribution is -2.52. The number of alkyl halides is 3. The molecule has 2 heterocycles. The largest absolute Gasteiger partial charge is 0.523 e. The average molecular weight is 586 g/mol. The van der Waals surface area contributed by atoms with Crippen LogP contribution in [0.5, 0.6) is 0 Å². The fourth-order valence-corrected chi connectivity index (χ4v) is 5.84. The second-order valence-electron chi connectivity index (χ2n) is 8.55. The number of aromatic nitrogens is 2. The number of H-pyrrole nitrogens is 1. The molecule has 12 nitrogen and oxygen atoms in total. The van der Waals surface area contributed by atoms with Gasteiger partial charge in [-0.25, -0.2) is 17.9 Å². The summed E-state index contributed by atoms with van der Waals surface area (Å²) >= 11 is 0. The first-order valence-corrected chi connectivity index (χ1v) is 14.2. The van der Waals surface area contributed by atoms with E-state index in [-0.39, 0.29) is 18.6 Å². The summed E-state index contributed by atoms with van der Waals surface area (Å²) in [4.78, 5) is 26.5. The van der Waals surface area contributed by atoms with Crippen LogP contribution in [0.15, 0.2) is 46.1 Å². The molecule has 1 unspecified atom stereocenters. The number of hydrogen-bond donors (Lipinski definition) is 2. The number of aryl methyl sites for hydroxylation is 1. The summed E-state index contributed by atoms with van der Waals surface area (Å²) in [6.45, 7) is 2.44. The number of nitrogens with one attached hydrogen (secondary N) is 2. The molecule has 1 fully saturated rings.